The minimum absolute atomic E-state index is 0.149. The molecule has 8 bridgehead atoms. The highest BCUT2D eigenvalue weighted by Crippen LogP contribution is 2.56. The predicted octanol–water partition coefficient (Wildman–Crippen LogP) is 15.6. The predicted molar refractivity (Wildman–Crippen MR) is 241 cm³/mol. The van der Waals surface area contributed by atoms with E-state index in [0.717, 1.165) is 77.7 Å². The van der Waals surface area contributed by atoms with E-state index >= 15 is 0 Å². The Bertz CT molecular complexity index is 1900. The van der Waals surface area contributed by atoms with E-state index in [-0.39, 0.29) is 33.2 Å². The summed E-state index contributed by atoms with van der Waals surface area (Å²) in [6.07, 6.45) is 3.91. The van der Waals surface area contributed by atoms with E-state index in [4.69, 9.17) is 9.47 Å². The van der Waals surface area contributed by atoms with Crippen molar-refractivity contribution in [2.75, 3.05) is 13.2 Å². The summed E-state index contributed by atoms with van der Waals surface area (Å²) in [5.74, 6) is 2.07. The molecule has 0 saturated carbocycles. The topological polar surface area (TPSA) is 58.9 Å². The molecule has 0 atom stereocenters. The van der Waals surface area contributed by atoms with Gasteiger partial charge in [-0.3, -0.25) is 0 Å². The molecular weight excluding hydrogens is 769 g/mol. The zero-order valence-corrected chi connectivity index (χ0v) is 39.5. The first-order valence-electron chi connectivity index (χ1n) is 20.1. The number of phenolic OH excluding ortho intramolecular Hbond substituents is 2. The zero-order valence-electron chi connectivity index (χ0n) is 36.2. The number of aromatic hydroxyl groups is 2. The van der Waals surface area contributed by atoms with Crippen molar-refractivity contribution < 1.29 is 19.7 Å². The van der Waals surface area contributed by atoms with Crippen molar-refractivity contribution in [1.29, 1.82) is 0 Å². The van der Waals surface area contributed by atoms with Crippen molar-refractivity contribution in [2.24, 2.45) is 0 Å². The normalized spacial score (nSPS) is 13.8. The molecule has 5 rings (SSSR count). The van der Waals surface area contributed by atoms with Crippen LogP contribution >= 0.6 is 47.0 Å². The Morgan fingerprint density at radius 2 is 0.607 bits per heavy atom. The highest BCUT2D eigenvalue weighted by atomic mass is 32.2. The maximum atomic E-state index is 12.2. The van der Waals surface area contributed by atoms with E-state index in [0.29, 0.717) is 23.0 Å². The molecule has 1 aliphatic heterocycles. The third-order valence-electron chi connectivity index (χ3n) is 9.95. The second kappa shape index (κ2) is 17.4. The number of rotatable bonds is 8. The fourth-order valence-corrected chi connectivity index (χ4v) is 10.6. The largest absolute Gasteiger partial charge is 0.506 e. The second-order valence-corrected chi connectivity index (χ2v) is 23.4. The molecule has 4 aromatic carbocycles. The van der Waals surface area contributed by atoms with Crippen LogP contribution in [0.3, 0.4) is 0 Å². The van der Waals surface area contributed by atoms with Crippen LogP contribution in [0.15, 0.2) is 87.7 Å². The summed E-state index contributed by atoms with van der Waals surface area (Å²) < 4.78 is 13.7. The third kappa shape index (κ3) is 10.6. The lowest BCUT2D eigenvalue weighted by Crippen LogP contribution is -2.13. The molecule has 0 fully saturated rings. The van der Waals surface area contributed by atoms with Gasteiger partial charge in [0.15, 0.2) is 0 Å². The molecule has 0 saturated heterocycles. The fourth-order valence-electron chi connectivity index (χ4n) is 6.06. The molecule has 2 N–H and O–H groups in total. The van der Waals surface area contributed by atoms with Crippen molar-refractivity contribution in [3.05, 3.63) is 70.8 Å². The third-order valence-corrected chi connectivity index (χ3v) is 14.2. The van der Waals surface area contributed by atoms with Crippen LogP contribution in [-0.4, -0.2) is 23.4 Å². The van der Waals surface area contributed by atoms with Gasteiger partial charge in [0, 0.05) is 0 Å². The maximum Gasteiger partial charge on any atom is 0.147 e. The molecular formula is C48H64O4S4. The van der Waals surface area contributed by atoms with Crippen LogP contribution < -0.4 is 9.47 Å². The lowest BCUT2D eigenvalue weighted by Gasteiger charge is -2.27. The van der Waals surface area contributed by atoms with Gasteiger partial charge >= 0.3 is 0 Å². The van der Waals surface area contributed by atoms with Gasteiger partial charge in [-0.2, -0.15) is 0 Å². The monoisotopic (exact) mass is 832 g/mol. The Balaban J connectivity index is 1.94. The van der Waals surface area contributed by atoms with Gasteiger partial charge in [-0.05, 0) is 105 Å². The summed E-state index contributed by atoms with van der Waals surface area (Å²) in [5, 5.41) is 24.4. The molecule has 0 unspecified atom stereocenters. The Morgan fingerprint density at radius 3 is 0.839 bits per heavy atom. The molecule has 4 aromatic rings. The van der Waals surface area contributed by atoms with Gasteiger partial charge in [-0.1, -0.05) is 157 Å². The first kappa shape index (κ1) is 44.6. The molecule has 304 valence electrons. The van der Waals surface area contributed by atoms with Gasteiger partial charge in [0.25, 0.3) is 0 Å². The summed E-state index contributed by atoms with van der Waals surface area (Å²) in [4.78, 5) is 6.91. The average Bonchev–Trinajstić information content (AvgIpc) is 3.07. The molecule has 0 aromatic heterocycles. The van der Waals surface area contributed by atoms with Crippen molar-refractivity contribution >= 4 is 47.0 Å². The lowest BCUT2D eigenvalue weighted by molar-refractivity contribution is 0.293. The van der Waals surface area contributed by atoms with Crippen LogP contribution in [0.25, 0.3) is 0 Å². The zero-order chi connectivity index (χ0) is 41.4. The standard InChI is InChI=1S/C48H64O4S4/c1-15-17-19-51-43-37-25-31(47(9,10)11)27-39(43)56-40-28-32(48(12,13)14)26-38(44(40)52-20-18-16-2)55-36-24-30(46(6,7)8)22-34(42(36)50)53-33-21-29(45(3,4)5)23-35(54-37)41(33)49/h21-28,49-50H,15-20H2,1-14H3. The second-order valence-electron chi connectivity index (χ2n) is 19.1. The van der Waals surface area contributed by atoms with E-state index in [1.54, 1.807) is 35.3 Å². The van der Waals surface area contributed by atoms with Crippen LogP contribution in [0.1, 0.15) is 145 Å². The van der Waals surface area contributed by atoms with Crippen LogP contribution in [0.5, 0.6) is 23.0 Å². The molecule has 0 radical (unpaired) electrons. The molecule has 0 aliphatic carbocycles. The molecule has 1 heterocycles. The van der Waals surface area contributed by atoms with Crippen LogP contribution in [0, 0.1) is 0 Å². The summed E-state index contributed by atoms with van der Waals surface area (Å²) in [7, 11) is 0. The number of unbranched alkanes of at least 4 members (excludes halogenated alkanes) is 2. The van der Waals surface area contributed by atoms with E-state index < -0.39 is 0 Å². The number of phenols is 2. The van der Waals surface area contributed by atoms with Gasteiger partial charge in [0.2, 0.25) is 0 Å². The van der Waals surface area contributed by atoms with Gasteiger partial charge in [0.05, 0.1) is 52.4 Å². The first-order valence-corrected chi connectivity index (χ1v) is 23.4. The van der Waals surface area contributed by atoms with Gasteiger partial charge < -0.3 is 19.7 Å². The van der Waals surface area contributed by atoms with E-state index in [2.05, 4.69) is 145 Å². The molecule has 56 heavy (non-hydrogen) atoms. The van der Waals surface area contributed by atoms with Crippen molar-refractivity contribution in [3.8, 4) is 23.0 Å². The van der Waals surface area contributed by atoms with Gasteiger partial charge in [-0.15, -0.1) is 0 Å². The number of hydrogen-bond acceptors (Lipinski definition) is 8. The number of hydrogen-bond donors (Lipinski definition) is 2. The lowest BCUT2D eigenvalue weighted by atomic mass is 9.87. The van der Waals surface area contributed by atoms with Crippen LogP contribution in [0.4, 0.5) is 0 Å². The van der Waals surface area contributed by atoms with Crippen molar-refractivity contribution in [1.82, 2.24) is 0 Å². The quantitative estimate of drug-likeness (QED) is 0.150. The van der Waals surface area contributed by atoms with E-state index in [1.807, 2.05) is 0 Å². The Kier molecular flexibility index (Phi) is 13.8. The highest BCUT2D eigenvalue weighted by molar-refractivity contribution is 8.01. The number of benzene rings is 4. The summed E-state index contributed by atoms with van der Waals surface area (Å²) >= 11 is 6.26. The van der Waals surface area contributed by atoms with Gasteiger partial charge in [-0.25, -0.2) is 0 Å². The molecule has 0 spiro atoms. The SMILES string of the molecule is CCCCOc1c2cc(C(C)(C)C)cc1Sc1cc(C(C)(C)C)cc(c1OCCCC)Sc1cc(C(C)(C)C)cc(c1O)Sc1cc(C(C)(C)C)cc(c1O)S2. The van der Waals surface area contributed by atoms with E-state index in [9.17, 15) is 10.2 Å². The van der Waals surface area contributed by atoms with Crippen molar-refractivity contribution in [2.45, 2.75) is 183 Å². The minimum Gasteiger partial charge on any atom is -0.506 e. The van der Waals surface area contributed by atoms with Crippen LogP contribution in [-0.2, 0) is 21.7 Å². The Labute approximate surface area is 355 Å². The number of ether oxygens (including phenoxy) is 2. The maximum absolute atomic E-state index is 12.2. The minimum atomic E-state index is -0.189. The first-order chi connectivity index (χ1) is 26.0. The summed E-state index contributed by atoms with van der Waals surface area (Å²) in [5.41, 5.74) is 3.92. The average molecular weight is 833 g/mol. The highest BCUT2D eigenvalue weighted by Gasteiger charge is 2.29. The van der Waals surface area contributed by atoms with E-state index in [1.165, 1.54) is 22.9 Å². The molecule has 0 amide bonds. The molecule has 8 heteroatoms. The Hall–Kier alpha value is -2.52. The molecule has 4 nitrogen and oxygen atoms in total. The van der Waals surface area contributed by atoms with Gasteiger partial charge in [0.1, 0.15) is 23.0 Å². The smallest absolute Gasteiger partial charge is 0.147 e. The summed E-state index contributed by atoms with van der Waals surface area (Å²) in [6, 6.07) is 17.5. The fraction of sp³-hybridized carbons (Fsp3) is 0.500. The molecule has 1 aliphatic rings. The summed E-state index contributed by atoms with van der Waals surface area (Å²) in [6.45, 7) is 32.3. The Morgan fingerprint density at radius 1 is 0.393 bits per heavy atom. The van der Waals surface area contributed by atoms with Crippen LogP contribution in [0.2, 0.25) is 0 Å². The van der Waals surface area contributed by atoms with Crippen molar-refractivity contribution in [3.63, 3.8) is 0 Å². The number of fused-ring (bicyclic) bond motifs is 8.